The Labute approximate surface area is 272 Å². The van der Waals surface area contributed by atoms with Gasteiger partial charge in [-0.05, 0) is 129 Å². The van der Waals surface area contributed by atoms with Crippen molar-refractivity contribution in [3.63, 3.8) is 0 Å². The zero-order valence-corrected chi connectivity index (χ0v) is 30.0. The Morgan fingerprint density at radius 3 is 2.38 bits per heavy atom. The molecule has 1 N–H and O–H groups in total. The van der Waals surface area contributed by atoms with Gasteiger partial charge in [0.2, 0.25) is 8.32 Å². The van der Waals surface area contributed by atoms with E-state index in [4.69, 9.17) is 13.9 Å². The van der Waals surface area contributed by atoms with Crippen molar-refractivity contribution in [2.75, 3.05) is 6.61 Å². The first kappa shape index (κ1) is 32.6. The van der Waals surface area contributed by atoms with Crippen LogP contribution in [-0.4, -0.2) is 31.6 Å². The van der Waals surface area contributed by atoms with Crippen LogP contribution in [0.4, 0.5) is 0 Å². The smallest absolute Gasteiger partial charge is 0.312 e. The summed E-state index contributed by atoms with van der Waals surface area (Å²) in [6, 6.07) is 16.7. The minimum atomic E-state index is -2.06. The molecule has 5 nitrogen and oxygen atoms in total. The van der Waals surface area contributed by atoms with E-state index in [0.717, 1.165) is 74.0 Å². The second-order valence-electron chi connectivity index (χ2n) is 17.3. The molecule has 246 valence electrons. The molecule has 0 radical (unpaired) electrons. The number of hydrogen-bond donors (Lipinski definition) is 1. The van der Waals surface area contributed by atoms with Gasteiger partial charge in [-0.2, -0.15) is 0 Å². The lowest BCUT2D eigenvalue weighted by molar-refractivity contribution is -0.256. The number of hydrogen-bond acceptors (Lipinski definition) is 5. The third kappa shape index (κ3) is 5.46. The van der Waals surface area contributed by atoms with E-state index in [1.54, 1.807) is 0 Å². The third-order valence-corrected chi connectivity index (χ3v) is 17.9. The summed E-state index contributed by atoms with van der Waals surface area (Å²) in [5.74, 6) is 2.59. The maximum atomic E-state index is 13.1. The second-order valence-corrected chi connectivity index (χ2v) is 22.0. The van der Waals surface area contributed by atoms with Crippen LogP contribution < -0.4 is 9.16 Å². The van der Waals surface area contributed by atoms with Crippen molar-refractivity contribution in [2.45, 2.75) is 123 Å². The number of benzene rings is 2. The molecule has 1 saturated heterocycles. The standard InChI is InChI=1S/C39H56O5Si/c1-35(2,3)45(7,8)44-29-15-16-30(42-25-27-13-10-9-11-14-27)28(23-29)24-33-36(4)21-17-32-37(5)19-12-20-39(32,26-43-34(37)40)31(36)18-22-38(33,6)41/h9-11,13-16,23,31-33,41H,12,17-22,24-26H2,1-8H3/t31-,32-,33-,36+,37-,38-,39-/m0/s1. The lowest BCUT2D eigenvalue weighted by atomic mass is 9.37. The summed E-state index contributed by atoms with van der Waals surface area (Å²) >= 11 is 0. The molecule has 1 aliphatic heterocycles. The summed E-state index contributed by atoms with van der Waals surface area (Å²) in [7, 11) is -2.06. The predicted octanol–water partition coefficient (Wildman–Crippen LogP) is 9.12. The zero-order chi connectivity index (χ0) is 32.5. The number of cyclic esters (lactones) is 1. The molecule has 3 aliphatic carbocycles. The van der Waals surface area contributed by atoms with Gasteiger partial charge in [0.25, 0.3) is 0 Å². The molecule has 6 rings (SSSR count). The van der Waals surface area contributed by atoms with Gasteiger partial charge >= 0.3 is 5.97 Å². The van der Waals surface area contributed by atoms with Gasteiger partial charge < -0.3 is 19.0 Å². The summed E-state index contributed by atoms with van der Waals surface area (Å²) in [5, 5.41) is 12.3. The van der Waals surface area contributed by atoms with Gasteiger partial charge in [-0.15, -0.1) is 0 Å². The monoisotopic (exact) mass is 632 g/mol. The summed E-state index contributed by atoms with van der Waals surface area (Å²) in [5.41, 5.74) is 0.964. The number of ether oxygens (including phenoxy) is 2. The highest BCUT2D eigenvalue weighted by atomic mass is 28.4. The molecule has 0 amide bonds. The SMILES string of the molecule is CC(C)(C)[Si](C)(C)Oc1ccc(OCc2ccccc2)c(C[C@H]2[C@]3(C)CC[C@@H]4[C@]5(CCC[C@]4(C)C(=O)OC5)[C@H]3CC[C@]2(C)O)c1. The van der Waals surface area contributed by atoms with E-state index in [-0.39, 0.29) is 33.2 Å². The fourth-order valence-electron chi connectivity index (χ4n) is 10.1. The Morgan fingerprint density at radius 2 is 1.67 bits per heavy atom. The van der Waals surface area contributed by atoms with Crippen molar-refractivity contribution in [3.8, 4) is 11.5 Å². The number of fused-ring (bicyclic) bond motifs is 1. The van der Waals surface area contributed by atoms with Crippen LogP contribution in [-0.2, 0) is 22.6 Å². The Hall–Kier alpha value is -2.31. The van der Waals surface area contributed by atoms with Crippen molar-refractivity contribution in [3.05, 3.63) is 59.7 Å². The van der Waals surface area contributed by atoms with E-state index < -0.39 is 13.9 Å². The topological polar surface area (TPSA) is 65.0 Å². The lowest BCUT2D eigenvalue weighted by Gasteiger charge is -2.69. The Bertz CT molecular complexity index is 1410. The van der Waals surface area contributed by atoms with E-state index in [2.05, 4.69) is 85.0 Å². The molecule has 2 bridgehead atoms. The minimum absolute atomic E-state index is 0.00257. The molecule has 2 aromatic rings. The highest BCUT2D eigenvalue weighted by Crippen LogP contribution is 2.71. The van der Waals surface area contributed by atoms with Crippen LogP contribution in [0.25, 0.3) is 0 Å². The summed E-state index contributed by atoms with van der Waals surface area (Å²) in [6.07, 6.45) is 7.65. The maximum absolute atomic E-state index is 13.1. The van der Waals surface area contributed by atoms with Crippen molar-refractivity contribution >= 4 is 14.3 Å². The molecule has 1 heterocycles. The normalized spacial score (nSPS) is 36.4. The molecule has 7 atom stereocenters. The average Bonchev–Trinajstić information content (AvgIpc) is 2.96. The van der Waals surface area contributed by atoms with E-state index in [1.165, 1.54) is 0 Å². The summed E-state index contributed by atoms with van der Waals surface area (Å²) in [4.78, 5) is 13.1. The molecular weight excluding hydrogens is 577 g/mol. The van der Waals surface area contributed by atoms with Crippen LogP contribution in [0.5, 0.6) is 11.5 Å². The number of esters is 1. The van der Waals surface area contributed by atoms with Crippen LogP contribution in [0, 0.1) is 34.0 Å². The van der Waals surface area contributed by atoms with Crippen LogP contribution >= 0.6 is 0 Å². The molecule has 0 spiro atoms. The molecule has 0 aromatic heterocycles. The minimum Gasteiger partial charge on any atom is -0.543 e. The lowest BCUT2D eigenvalue weighted by Crippen LogP contribution is -2.68. The fraction of sp³-hybridized carbons (Fsp3) is 0.667. The molecule has 4 aliphatic rings. The molecule has 4 fully saturated rings. The highest BCUT2D eigenvalue weighted by Gasteiger charge is 2.69. The van der Waals surface area contributed by atoms with E-state index in [9.17, 15) is 9.90 Å². The second kappa shape index (κ2) is 11.1. The molecule has 3 saturated carbocycles. The Balaban J connectivity index is 1.37. The summed E-state index contributed by atoms with van der Waals surface area (Å²) in [6.45, 7) is 19.1. The number of carbonyl (C=O) groups is 1. The van der Waals surface area contributed by atoms with Crippen molar-refractivity contribution < 1.29 is 23.8 Å². The van der Waals surface area contributed by atoms with Gasteiger partial charge in [-0.25, -0.2) is 0 Å². The fourth-order valence-corrected chi connectivity index (χ4v) is 11.1. The molecule has 6 heteroatoms. The first-order valence-corrected chi connectivity index (χ1v) is 20.3. The third-order valence-electron chi connectivity index (χ3n) is 13.6. The van der Waals surface area contributed by atoms with E-state index in [1.807, 2.05) is 18.2 Å². The van der Waals surface area contributed by atoms with Gasteiger partial charge in [-0.3, -0.25) is 4.79 Å². The van der Waals surface area contributed by atoms with Gasteiger partial charge in [-0.1, -0.05) is 64.4 Å². The molecule has 2 aromatic carbocycles. The number of rotatable bonds is 7. The van der Waals surface area contributed by atoms with Crippen molar-refractivity contribution in [2.24, 2.45) is 34.0 Å². The van der Waals surface area contributed by atoms with E-state index in [0.29, 0.717) is 25.0 Å². The average molecular weight is 633 g/mol. The van der Waals surface area contributed by atoms with Crippen LogP contribution in [0.15, 0.2) is 48.5 Å². The molecular formula is C39H56O5Si. The summed E-state index contributed by atoms with van der Waals surface area (Å²) < 4.78 is 19.4. The quantitative estimate of drug-likeness (QED) is 0.244. The number of aliphatic hydroxyl groups is 1. The van der Waals surface area contributed by atoms with Gasteiger partial charge in [0.05, 0.1) is 17.6 Å². The van der Waals surface area contributed by atoms with Gasteiger partial charge in [0.1, 0.15) is 18.1 Å². The van der Waals surface area contributed by atoms with Crippen LogP contribution in [0.1, 0.15) is 97.6 Å². The van der Waals surface area contributed by atoms with Crippen molar-refractivity contribution in [1.82, 2.24) is 0 Å². The molecule has 45 heavy (non-hydrogen) atoms. The number of carbonyl (C=O) groups excluding carboxylic acids is 1. The van der Waals surface area contributed by atoms with E-state index >= 15 is 0 Å². The zero-order valence-electron chi connectivity index (χ0n) is 29.0. The van der Waals surface area contributed by atoms with Gasteiger partial charge in [0, 0.05) is 5.41 Å². The maximum Gasteiger partial charge on any atom is 0.312 e. The first-order valence-electron chi connectivity index (χ1n) is 17.4. The van der Waals surface area contributed by atoms with Gasteiger partial charge in [0.15, 0.2) is 0 Å². The largest absolute Gasteiger partial charge is 0.543 e. The Kier molecular flexibility index (Phi) is 8.08. The molecule has 0 unspecified atom stereocenters. The predicted molar refractivity (Wildman–Crippen MR) is 182 cm³/mol. The van der Waals surface area contributed by atoms with Crippen LogP contribution in [0.3, 0.4) is 0 Å². The Morgan fingerprint density at radius 1 is 0.956 bits per heavy atom. The van der Waals surface area contributed by atoms with Crippen molar-refractivity contribution in [1.29, 1.82) is 0 Å². The highest BCUT2D eigenvalue weighted by molar-refractivity contribution is 6.74. The first-order chi connectivity index (χ1) is 21.0. The van der Waals surface area contributed by atoms with Crippen LogP contribution in [0.2, 0.25) is 18.1 Å².